The van der Waals surface area contributed by atoms with Crippen molar-refractivity contribution in [3.05, 3.63) is 0 Å². The maximum Gasteiger partial charge on any atom is 0.312 e. The van der Waals surface area contributed by atoms with Crippen LogP contribution in [0.15, 0.2) is 0 Å². The molecule has 5 heteroatoms. The Bertz CT molecular complexity index is 327. The molecule has 5 nitrogen and oxygen atoms in total. The van der Waals surface area contributed by atoms with Crippen LogP contribution in [0, 0.1) is 5.41 Å². The van der Waals surface area contributed by atoms with Crippen molar-refractivity contribution in [2.24, 2.45) is 11.1 Å². The zero-order valence-electron chi connectivity index (χ0n) is 13.8. The van der Waals surface area contributed by atoms with E-state index in [1.807, 2.05) is 20.8 Å². The molecule has 0 saturated heterocycles. The Morgan fingerprint density at radius 3 is 2.00 bits per heavy atom. The van der Waals surface area contributed by atoms with Crippen molar-refractivity contribution in [1.82, 2.24) is 10.6 Å². The quantitative estimate of drug-likeness (QED) is 0.627. The first-order valence-electron chi connectivity index (χ1n) is 7.29. The second-order valence-electron chi connectivity index (χ2n) is 7.35. The second-order valence-corrected chi connectivity index (χ2v) is 7.35. The lowest BCUT2D eigenvalue weighted by Crippen LogP contribution is -2.50. The number of Topliss-reactive ketones (excluding diaryl/α,β-unsaturated/α-hetero) is 1. The van der Waals surface area contributed by atoms with Crippen LogP contribution < -0.4 is 16.4 Å². The van der Waals surface area contributed by atoms with E-state index < -0.39 is 6.03 Å². The molecule has 0 aromatic heterocycles. The zero-order chi connectivity index (χ0) is 16.0. The Morgan fingerprint density at radius 1 is 1.05 bits per heavy atom. The molecule has 0 aliphatic rings. The summed E-state index contributed by atoms with van der Waals surface area (Å²) in [6.07, 6.45) is 2.46. The molecule has 20 heavy (non-hydrogen) atoms. The fraction of sp³-hybridized carbons (Fsp3) is 0.867. The SMILES string of the molecule is CC(C)(C)N[C@@H](CCCCNC(N)=O)C(=O)C(C)(C)C. The molecule has 0 aliphatic carbocycles. The minimum Gasteiger partial charge on any atom is -0.352 e. The van der Waals surface area contributed by atoms with E-state index in [0.29, 0.717) is 6.54 Å². The van der Waals surface area contributed by atoms with E-state index in [-0.39, 0.29) is 22.8 Å². The van der Waals surface area contributed by atoms with E-state index in [1.54, 1.807) is 0 Å². The summed E-state index contributed by atoms with van der Waals surface area (Å²) in [4.78, 5) is 23.0. The van der Waals surface area contributed by atoms with Gasteiger partial charge in [0.25, 0.3) is 0 Å². The van der Waals surface area contributed by atoms with Gasteiger partial charge in [-0.15, -0.1) is 0 Å². The molecule has 0 fully saturated rings. The third-order valence-corrected chi connectivity index (χ3v) is 2.88. The average molecular weight is 285 g/mol. The van der Waals surface area contributed by atoms with Gasteiger partial charge in [-0.2, -0.15) is 0 Å². The van der Waals surface area contributed by atoms with Gasteiger partial charge < -0.3 is 16.4 Å². The predicted octanol–water partition coefficient (Wildman–Crippen LogP) is 2.20. The van der Waals surface area contributed by atoms with Crippen LogP contribution in [0.1, 0.15) is 60.8 Å². The number of hydrogen-bond donors (Lipinski definition) is 3. The highest BCUT2D eigenvalue weighted by atomic mass is 16.2. The normalized spacial score (nSPS) is 13.9. The van der Waals surface area contributed by atoms with Crippen molar-refractivity contribution in [2.75, 3.05) is 6.54 Å². The Labute approximate surface area is 123 Å². The first-order chi connectivity index (χ1) is 8.93. The minimum absolute atomic E-state index is 0.100. The third-order valence-electron chi connectivity index (χ3n) is 2.88. The number of rotatable bonds is 7. The third kappa shape index (κ3) is 8.91. The number of unbranched alkanes of at least 4 members (excludes halogenated alkanes) is 1. The first-order valence-corrected chi connectivity index (χ1v) is 7.29. The van der Waals surface area contributed by atoms with Crippen LogP contribution in [0.2, 0.25) is 0 Å². The highest BCUT2D eigenvalue weighted by molar-refractivity contribution is 5.88. The monoisotopic (exact) mass is 285 g/mol. The first kappa shape index (κ1) is 18.9. The number of hydrogen-bond acceptors (Lipinski definition) is 3. The van der Waals surface area contributed by atoms with Crippen molar-refractivity contribution < 1.29 is 9.59 Å². The van der Waals surface area contributed by atoms with Gasteiger partial charge in [0.1, 0.15) is 0 Å². The lowest BCUT2D eigenvalue weighted by Gasteiger charge is -2.31. The molecule has 0 saturated carbocycles. The summed E-state index contributed by atoms with van der Waals surface area (Å²) >= 11 is 0. The predicted molar refractivity (Wildman–Crippen MR) is 82.6 cm³/mol. The van der Waals surface area contributed by atoms with Gasteiger partial charge in [0.15, 0.2) is 5.78 Å². The maximum atomic E-state index is 12.5. The van der Waals surface area contributed by atoms with E-state index in [9.17, 15) is 9.59 Å². The molecule has 0 aromatic carbocycles. The molecule has 4 N–H and O–H groups in total. The van der Waals surface area contributed by atoms with E-state index in [2.05, 4.69) is 31.4 Å². The number of ketones is 1. The Kier molecular flexibility index (Phi) is 7.20. The molecular weight excluding hydrogens is 254 g/mol. The zero-order valence-corrected chi connectivity index (χ0v) is 13.8. The van der Waals surface area contributed by atoms with E-state index in [0.717, 1.165) is 19.3 Å². The molecule has 118 valence electrons. The lowest BCUT2D eigenvalue weighted by molar-refractivity contribution is -0.129. The number of carbonyl (C=O) groups excluding carboxylic acids is 2. The van der Waals surface area contributed by atoms with Crippen molar-refractivity contribution in [1.29, 1.82) is 0 Å². The molecule has 0 aromatic rings. The molecule has 0 rings (SSSR count). The summed E-state index contributed by atoms with van der Waals surface area (Å²) in [6, 6.07) is -0.649. The van der Waals surface area contributed by atoms with Crippen molar-refractivity contribution in [3.8, 4) is 0 Å². The van der Waals surface area contributed by atoms with Gasteiger partial charge in [-0.1, -0.05) is 20.8 Å². The molecule has 0 radical (unpaired) electrons. The van der Waals surface area contributed by atoms with E-state index >= 15 is 0 Å². The highest BCUT2D eigenvalue weighted by Gasteiger charge is 2.31. The van der Waals surface area contributed by atoms with Gasteiger partial charge in [0.05, 0.1) is 6.04 Å². The highest BCUT2D eigenvalue weighted by Crippen LogP contribution is 2.21. The number of carbonyl (C=O) groups is 2. The van der Waals surface area contributed by atoms with Gasteiger partial charge in [-0.25, -0.2) is 4.79 Å². The van der Waals surface area contributed by atoms with Gasteiger partial charge in [-0.05, 0) is 40.0 Å². The number of nitrogens with one attached hydrogen (secondary N) is 2. The molecule has 2 amide bonds. The van der Waals surface area contributed by atoms with E-state index in [1.165, 1.54) is 0 Å². The molecule has 0 spiro atoms. The molecular formula is C15H31N3O2. The minimum atomic E-state index is -0.500. The Morgan fingerprint density at radius 2 is 1.60 bits per heavy atom. The molecule has 0 heterocycles. The summed E-state index contributed by atoms with van der Waals surface area (Å²) < 4.78 is 0. The van der Waals surface area contributed by atoms with E-state index in [4.69, 9.17) is 5.73 Å². The van der Waals surface area contributed by atoms with Gasteiger partial charge in [0.2, 0.25) is 0 Å². The summed E-state index contributed by atoms with van der Waals surface area (Å²) in [6.45, 7) is 12.6. The largest absolute Gasteiger partial charge is 0.352 e. The van der Waals surface area contributed by atoms with Gasteiger partial charge in [-0.3, -0.25) is 4.79 Å². The van der Waals surface area contributed by atoms with Crippen molar-refractivity contribution >= 4 is 11.8 Å². The smallest absolute Gasteiger partial charge is 0.312 e. The van der Waals surface area contributed by atoms with Crippen LogP contribution in [0.5, 0.6) is 0 Å². The van der Waals surface area contributed by atoms with Crippen LogP contribution in [0.25, 0.3) is 0 Å². The van der Waals surface area contributed by atoms with Crippen LogP contribution in [0.4, 0.5) is 4.79 Å². The number of amides is 2. The Balaban J connectivity index is 4.41. The molecule has 0 unspecified atom stereocenters. The fourth-order valence-corrected chi connectivity index (χ4v) is 2.00. The fourth-order valence-electron chi connectivity index (χ4n) is 2.00. The molecule has 0 bridgehead atoms. The number of urea groups is 1. The van der Waals surface area contributed by atoms with Crippen LogP contribution >= 0.6 is 0 Å². The summed E-state index contributed by atoms with van der Waals surface area (Å²) in [7, 11) is 0. The summed E-state index contributed by atoms with van der Waals surface area (Å²) in [5.74, 6) is 0.232. The lowest BCUT2D eigenvalue weighted by atomic mass is 9.84. The standard InChI is InChI=1S/C15H31N3O2/c1-14(2,3)12(19)11(18-15(4,5)6)9-7-8-10-17-13(16)20/h11,18H,7-10H2,1-6H3,(H3,16,17,20)/t11-/m0/s1. The van der Waals surface area contributed by atoms with Crippen LogP contribution in [-0.4, -0.2) is 29.9 Å². The van der Waals surface area contributed by atoms with Crippen LogP contribution in [-0.2, 0) is 4.79 Å². The number of nitrogens with two attached hydrogens (primary N) is 1. The Hall–Kier alpha value is -1.10. The summed E-state index contributed by atoms with van der Waals surface area (Å²) in [5.41, 5.74) is 4.55. The molecule has 0 aliphatic heterocycles. The van der Waals surface area contributed by atoms with Gasteiger partial charge >= 0.3 is 6.03 Å². The maximum absolute atomic E-state index is 12.5. The average Bonchev–Trinajstić information content (AvgIpc) is 2.22. The summed E-state index contributed by atoms with van der Waals surface area (Å²) in [5, 5.41) is 5.96. The number of primary amides is 1. The molecule has 1 atom stereocenters. The van der Waals surface area contributed by atoms with Crippen molar-refractivity contribution in [3.63, 3.8) is 0 Å². The topological polar surface area (TPSA) is 84.2 Å². The second kappa shape index (κ2) is 7.62. The van der Waals surface area contributed by atoms with Crippen molar-refractivity contribution in [2.45, 2.75) is 72.4 Å². The van der Waals surface area contributed by atoms with Crippen LogP contribution in [0.3, 0.4) is 0 Å². The van der Waals surface area contributed by atoms with Gasteiger partial charge in [0, 0.05) is 17.5 Å².